The van der Waals surface area contributed by atoms with Gasteiger partial charge < -0.3 is 9.84 Å². The van der Waals surface area contributed by atoms with Crippen LogP contribution in [-0.4, -0.2) is 17.7 Å². The summed E-state index contributed by atoms with van der Waals surface area (Å²) in [4.78, 5) is 11.8. The maximum atomic E-state index is 13.0. The van der Waals surface area contributed by atoms with Crippen LogP contribution < -0.4 is 0 Å². The van der Waals surface area contributed by atoms with Crippen LogP contribution in [0, 0.1) is 11.2 Å². The summed E-state index contributed by atoms with van der Waals surface area (Å²) < 4.78 is 18.3. The Morgan fingerprint density at radius 1 is 1.56 bits per heavy atom. The lowest BCUT2D eigenvalue weighted by Gasteiger charge is -2.29. The summed E-state index contributed by atoms with van der Waals surface area (Å²) in [5.41, 5.74) is -0.648. The van der Waals surface area contributed by atoms with Crippen molar-refractivity contribution in [3.63, 3.8) is 0 Å². The molecule has 100 valence electrons. The van der Waals surface area contributed by atoms with Crippen molar-refractivity contribution < 1.29 is 19.0 Å². The van der Waals surface area contributed by atoms with E-state index in [2.05, 4.69) is 15.9 Å². The Balaban J connectivity index is 3.05. The molecule has 1 aromatic carbocycles. The number of hydrogen-bond donors (Lipinski definition) is 1. The highest BCUT2D eigenvalue weighted by Gasteiger charge is 2.39. The fraction of sp³-hybridized carbons (Fsp3) is 0.462. The van der Waals surface area contributed by atoms with E-state index in [1.165, 1.54) is 18.2 Å². The first-order valence-electron chi connectivity index (χ1n) is 5.61. The van der Waals surface area contributed by atoms with Crippen LogP contribution in [0.5, 0.6) is 0 Å². The molecule has 0 bridgehead atoms. The fourth-order valence-corrected chi connectivity index (χ4v) is 2.11. The molecule has 1 atom stereocenters. The summed E-state index contributed by atoms with van der Waals surface area (Å²) in [6, 6.07) is 3.94. The molecule has 0 radical (unpaired) electrons. The molecule has 0 saturated heterocycles. The van der Waals surface area contributed by atoms with Crippen molar-refractivity contribution in [1.82, 2.24) is 0 Å². The van der Waals surface area contributed by atoms with Gasteiger partial charge in [-0.25, -0.2) is 4.39 Å². The van der Waals surface area contributed by atoms with Gasteiger partial charge in [0.2, 0.25) is 0 Å². The van der Waals surface area contributed by atoms with Gasteiger partial charge in [-0.3, -0.25) is 4.79 Å². The number of benzene rings is 1. The summed E-state index contributed by atoms with van der Waals surface area (Å²) in [7, 11) is 0. The highest BCUT2D eigenvalue weighted by molar-refractivity contribution is 9.10. The lowest BCUT2D eigenvalue weighted by Crippen LogP contribution is -2.33. The summed E-state index contributed by atoms with van der Waals surface area (Å²) in [5, 5.41) is 10.3. The molecule has 0 aliphatic carbocycles. The summed E-state index contributed by atoms with van der Waals surface area (Å²) in [5.74, 6) is -0.902. The molecule has 5 heteroatoms. The van der Waals surface area contributed by atoms with E-state index in [1.54, 1.807) is 20.8 Å². The molecule has 1 rings (SSSR count). The van der Waals surface area contributed by atoms with E-state index in [0.717, 1.165) is 0 Å². The van der Waals surface area contributed by atoms with Crippen molar-refractivity contribution in [2.45, 2.75) is 26.9 Å². The van der Waals surface area contributed by atoms with Gasteiger partial charge in [-0.15, -0.1) is 0 Å². The van der Waals surface area contributed by atoms with Gasteiger partial charge in [-0.05, 0) is 38.5 Å². The third-order valence-electron chi connectivity index (χ3n) is 2.74. The van der Waals surface area contributed by atoms with Gasteiger partial charge in [0, 0.05) is 4.47 Å². The molecule has 0 aromatic heterocycles. The molecule has 0 heterocycles. The maximum absolute atomic E-state index is 13.0. The SMILES string of the molecule is CCOC(=O)C(C)(C)C(O)c1ccc(F)cc1Br. The molecular weight excluding hydrogens is 303 g/mol. The van der Waals surface area contributed by atoms with Crippen molar-refractivity contribution in [3.05, 3.63) is 34.1 Å². The van der Waals surface area contributed by atoms with Crippen LogP contribution in [0.4, 0.5) is 4.39 Å². The highest BCUT2D eigenvalue weighted by atomic mass is 79.9. The minimum atomic E-state index is -1.10. The van der Waals surface area contributed by atoms with Gasteiger partial charge in [-0.1, -0.05) is 22.0 Å². The molecule has 0 fully saturated rings. The van der Waals surface area contributed by atoms with Crippen LogP contribution in [0.2, 0.25) is 0 Å². The van der Waals surface area contributed by atoms with Crippen LogP contribution in [0.3, 0.4) is 0 Å². The number of carbonyl (C=O) groups excluding carboxylic acids is 1. The van der Waals surface area contributed by atoms with Gasteiger partial charge in [0.1, 0.15) is 5.82 Å². The number of halogens is 2. The second-order valence-corrected chi connectivity index (χ2v) is 5.36. The molecule has 0 aliphatic rings. The van der Waals surface area contributed by atoms with Gasteiger partial charge in [0.15, 0.2) is 0 Å². The van der Waals surface area contributed by atoms with Gasteiger partial charge in [0.05, 0.1) is 18.1 Å². The van der Waals surface area contributed by atoms with Crippen LogP contribution in [0.1, 0.15) is 32.4 Å². The summed E-state index contributed by atoms with van der Waals surface area (Å²) in [6.07, 6.45) is -1.08. The van der Waals surface area contributed by atoms with E-state index in [-0.39, 0.29) is 6.61 Å². The number of hydrogen-bond acceptors (Lipinski definition) is 3. The zero-order valence-electron chi connectivity index (χ0n) is 10.5. The lowest BCUT2D eigenvalue weighted by atomic mass is 9.82. The minimum Gasteiger partial charge on any atom is -0.465 e. The topological polar surface area (TPSA) is 46.5 Å². The Bertz CT molecular complexity index is 446. The number of aliphatic hydroxyl groups is 1. The number of ether oxygens (including phenoxy) is 1. The first-order valence-corrected chi connectivity index (χ1v) is 6.40. The number of esters is 1. The van der Waals surface area contributed by atoms with Crippen LogP contribution >= 0.6 is 15.9 Å². The molecular formula is C13H16BrFO3. The molecule has 1 aromatic rings. The van der Waals surface area contributed by atoms with E-state index in [9.17, 15) is 14.3 Å². The van der Waals surface area contributed by atoms with Crippen molar-refractivity contribution in [2.75, 3.05) is 6.61 Å². The Kier molecular flexibility index (Phi) is 4.87. The standard InChI is InChI=1S/C13H16BrFO3/c1-4-18-12(17)13(2,3)11(16)9-6-5-8(15)7-10(9)14/h5-7,11,16H,4H2,1-3H3. The molecule has 3 nitrogen and oxygen atoms in total. The number of aliphatic hydroxyl groups excluding tert-OH is 1. The third-order valence-corrected chi connectivity index (χ3v) is 3.43. The van der Waals surface area contributed by atoms with E-state index in [4.69, 9.17) is 4.74 Å². The average molecular weight is 319 g/mol. The van der Waals surface area contributed by atoms with Crippen molar-refractivity contribution >= 4 is 21.9 Å². The second kappa shape index (κ2) is 5.80. The largest absolute Gasteiger partial charge is 0.465 e. The molecule has 1 unspecified atom stereocenters. The molecule has 0 saturated carbocycles. The van der Waals surface area contributed by atoms with Gasteiger partial charge in [0.25, 0.3) is 0 Å². The maximum Gasteiger partial charge on any atom is 0.314 e. The third kappa shape index (κ3) is 3.09. The van der Waals surface area contributed by atoms with Crippen LogP contribution in [0.15, 0.2) is 22.7 Å². The molecule has 0 aliphatic heterocycles. The van der Waals surface area contributed by atoms with E-state index < -0.39 is 23.3 Å². The Labute approximate surface area is 114 Å². The number of carbonyl (C=O) groups is 1. The lowest BCUT2D eigenvalue weighted by molar-refractivity contribution is -0.160. The van der Waals surface area contributed by atoms with E-state index >= 15 is 0 Å². The Hall–Kier alpha value is -0.940. The van der Waals surface area contributed by atoms with Gasteiger partial charge in [-0.2, -0.15) is 0 Å². The highest BCUT2D eigenvalue weighted by Crippen LogP contribution is 2.37. The first kappa shape index (κ1) is 15.1. The Morgan fingerprint density at radius 2 is 2.17 bits per heavy atom. The Morgan fingerprint density at radius 3 is 2.67 bits per heavy atom. The zero-order chi connectivity index (χ0) is 13.9. The summed E-state index contributed by atoms with van der Waals surface area (Å²) >= 11 is 3.18. The van der Waals surface area contributed by atoms with E-state index in [0.29, 0.717) is 10.0 Å². The number of rotatable bonds is 4. The normalized spacial score (nSPS) is 13.2. The molecule has 0 amide bonds. The van der Waals surface area contributed by atoms with Crippen molar-refractivity contribution in [1.29, 1.82) is 0 Å². The van der Waals surface area contributed by atoms with E-state index in [1.807, 2.05) is 0 Å². The smallest absolute Gasteiger partial charge is 0.314 e. The summed E-state index contributed by atoms with van der Waals surface area (Å²) in [6.45, 7) is 5.13. The molecule has 0 spiro atoms. The van der Waals surface area contributed by atoms with Crippen LogP contribution in [-0.2, 0) is 9.53 Å². The van der Waals surface area contributed by atoms with Crippen molar-refractivity contribution in [3.8, 4) is 0 Å². The average Bonchev–Trinajstić information content (AvgIpc) is 2.28. The first-order chi connectivity index (χ1) is 8.30. The molecule has 1 N–H and O–H groups in total. The quantitative estimate of drug-likeness (QED) is 0.867. The second-order valence-electron chi connectivity index (χ2n) is 4.51. The zero-order valence-corrected chi connectivity index (χ0v) is 12.1. The van der Waals surface area contributed by atoms with Crippen molar-refractivity contribution in [2.24, 2.45) is 5.41 Å². The predicted octanol–water partition coefficient (Wildman–Crippen LogP) is 3.21. The minimum absolute atomic E-state index is 0.250. The fourth-order valence-electron chi connectivity index (χ4n) is 1.54. The monoisotopic (exact) mass is 318 g/mol. The molecule has 18 heavy (non-hydrogen) atoms. The van der Waals surface area contributed by atoms with Crippen LogP contribution in [0.25, 0.3) is 0 Å². The van der Waals surface area contributed by atoms with Gasteiger partial charge >= 0.3 is 5.97 Å². The predicted molar refractivity (Wildman–Crippen MR) is 69.5 cm³/mol.